The second-order valence-electron chi connectivity index (χ2n) is 9.86. The van der Waals surface area contributed by atoms with Gasteiger partial charge in [-0.2, -0.15) is 0 Å². The summed E-state index contributed by atoms with van der Waals surface area (Å²) in [4.78, 5) is 41.7. The average Bonchev–Trinajstić information content (AvgIpc) is 3.00. The van der Waals surface area contributed by atoms with Crippen molar-refractivity contribution in [3.8, 4) is 5.75 Å². The fourth-order valence-electron chi connectivity index (χ4n) is 5.09. The Kier molecular flexibility index (Phi) is 7.31. The molecule has 1 aromatic heterocycles. The molecule has 8 heteroatoms. The molecular weight excluding hydrogens is 446 g/mol. The van der Waals surface area contributed by atoms with Gasteiger partial charge in [0.25, 0.3) is 5.56 Å². The smallest absolute Gasteiger partial charge is 0.343 e. The van der Waals surface area contributed by atoms with Crippen molar-refractivity contribution in [3.63, 3.8) is 0 Å². The molecule has 1 atom stereocenters. The second kappa shape index (κ2) is 10.2. The minimum absolute atomic E-state index is 0.0243. The Bertz CT molecular complexity index is 1200. The Morgan fingerprint density at radius 2 is 1.77 bits per heavy atom. The van der Waals surface area contributed by atoms with Gasteiger partial charge in [0.2, 0.25) is 5.91 Å². The first kappa shape index (κ1) is 25.0. The highest BCUT2D eigenvalue weighted by atomic mass is 16.5. The Morgan fingerprint density at radius 3 is 2.46 bits per heavy atom. The molecule has 0 aliphatic carbocycles. The Balaban J connectivity index is 1.57. The number of carbonyl (C=O) groups excluding carboxylic acids is 2. The lowest BCUT2D eigenvalue weighted by atomic mass is 10.0. The lowest BCUT2D eigenvalue weighted by Crippen LogP contribution is -2.29. The number of pyridine rings is 1. The third-order valence-corrected chi connectivity index (χ3v) is 7.32. The number of aryl methyl sites for hydroxylation is 3. The van der Waals surface area contributed by atoms with E-state index in [0.29, 0.717) is 50.3 Å². The summed E-state index contributed by atoms with van der Waals surface area (Å²) in [6, 6.07) is 5.85. The van der Waals surface area contributed by atoms with Crippen molar-refractivity contribution in [2.45, 2.75) is 46.7 Å². The van der Waals surface area contributed by atoms with Crippen LogP contribution in [0.4, 0.5) is 0 Å². The number of rotatable bonds is 6. The third kappa shape index (κ3) is 5.27. The summed E-state index contributed by atoms with van der Waals surface area (Å²) in [5, 5.41) is 0. The molecule has 1 unspecified atom stereocenters. The van der Waals surface area contributed by atoms with Crippen molar-refractivity contribution in [2.75, 3.05) is 40.4 Å². The van der Waals surface area contributed by atoms with Crippen molar-refractivity contribution in [2.24, 2.45) is 5.92 Å². The maximum absolute atomic E-state index is 13.1. The van der Waals surface area contributed by atoms with E-state index in [1.165, 1.54) is 35.4 Å². The number of esters is 1. The Hall–Kier alpha value is -3.13. The van der Waals surface area contributed by atoms with Crippen LogP contribution in [0.25, 0.3) is 0 Å². The van der Waals surface area contributed by atoms with Gasteiger partial charge in [0, 0.05) is 70.3 Å². The maximum atomic E-state index is 13.1. The number of amides is 1. The van der Waals surface area contributed by atoms with Gasteiger partial charge in [-0.1, -0.05) is 12.1 Å². The van der Waals surface area contributed by atoms with Gasteiger partial charge in [-0.25, -0.2) is 4.79 Å². The molecule has 1 amide bonds. The molecule has 4 rings (SSSR count). The molecule has 1 fully saturated rings. The first-order chi connectivity index (χ1) is 16.7. The summed E-state index contributed by atoms with van der Waals surface area (Å²) < 4.78 is 12.7. The van der Waals surface area contributed by atoms with Crippen LogP contribution in [0.15, 0.2) is 23.0 Å². The molecule has 188 valence electrons. The molecule has 2 aliphatic heterocycles. The van der Waals surface area contributed by atoms with E-state index in [1.54, 1.807) is 16.5 Å². The van der Waals surface area contributed by atoms with E-state index < -0.39 is 5.97 Å². The Labute approximate surface area is 206 Å². The summed E-state index contributed by atoms with van der Waals surface area (Å²) in [7, 11) is 3.10. The first-order valence-corrected chi connectivity index (χ1v) is 12.2. The van der Waals surface area contributed by atoms with Crippen molar-refractivity contribution >= 4 is 11.9 Å². The van der Waals surface area contributed by atoms with Gasteiger partial charge in [-0.3, -0.25) is 14.5 Å². The molecule has 2 aromatic rings. The van der Waals surface area contributed by atoms with Crippen LogP contribution in [0, 0.1) is 26.7 Å². The molecule has 0 saturated carbocycles. The lowest BCUT2D eigenvalue weighted by molar-refractivity contribution is -0.126. The number of hydrogen-bond acceptors (Lipinski definition) is 6. The number of aromatic nitrogens is 1. The van der Waals surface area contributed by atoms with Crippen LogP contribution in [-0.2, 0) is 29.0 Å². The van der Waals surface area contributed by atoms with Crippen molar-refractivity contribution in [1.29, 1.82) is 0 Å². The molecule has 0 bridgehead atoms. The monoisotopic (exact) mass is 481 g/mol. The SMILES string of the molecule is COC(=O)c1c(OCC2CC(=O)N(C)C2)cc(=O)n2c1CCN(Cc1cc(C)c(C)cc1C)CC2. The standard InChI is InChI=1S/C27H35N3O5/c1-17-10-19(3)21(11-18(17)2)15-29-7-6-22-26(27(33)34-5)23(13-25(32)30(22)9-8-29)35-16-20-12-24(31)28(4)14-20/h10-11,13,20H,6-9,12,14-16H2,1-5H3. The van der Waals surface area contributed by atoms with E-state index in [2.05, 4.69) is 37.8 Å². The zero-order valence-electron chi connectivity index (χ0n) is 21.3. The van der Waals surface area contributed by atoms with Gasteiger partial charge >= 0.3 is 5.97 Å². The summed E-state index contributed by atoms with van der Waals surface area (Å²) in [6.45, 7) is 9.94. The van der Waals surface area contributed by atoms with E-state index in [4.69, 9.17) is 9.47 Å². The van der Waals surface area contributed by atoms with Gasteiger partial charge < -0.3 is 18.9 Å². The van der Waals surface area contributed by atoms with Crippen molar-refractivity contribution < 1.29 is 19.1 Å². The number of hydrogen-bond donors (Lipinski definition) is 0. The zero-order valence-corrected chi connectivity index (χ0v) is 21.3. The summed E-state index contributed by atoms with van der Waals surface area (Å²) in [5.74, 6) is -0.167. The normalized spacial score (nSPS) is 18.4. The van der Waals surface area contributed by atoms with Crippen LogP contribution in [-0.4, -0.2) is 66.6 Å². The quantitative estimate of drug-likeness (QED) is 0.590. The van der Waals surface area contributed by atoms with Gasteiger partial charge in [0.1, 0.15) is 11.3 Å². The first-order valence-electron chi connectivity index (χ1n) is 12.2. The van der Waals surface area contributed by atoms with Gasteiger partial charge in [-0.15, -0.1) is 0 Å². The molecule has 1 aromatic carbocycles. The minimum atomic E-state index is -0.512. The minimum Gasteiger partial charge on any atom is -0.492 e. The summed E-state index contributed by atoms with van der Waals surface area (Å²) in [5.41, 5.74) is 5.86. The van der Waals surface area contributed by atoms with Crippen LogP contribution < -0.4 is 10.3 Å². The molecule has 0 spiro atoms. The topological polar surface area (TPSA) is 81.1 Å². The maximum Gasteiger partial charge on any atom is 0.343 e. The summed E-state index contributed by atoms with van der Waals surface area (Å²) >= 11 is 0. The molecule has 0 N–H and O–H groups in total. The fraction of sp³-hybridized carbons (Fsp3) is 0.519. The highest BCUT2D eigenvalue weighted by molar-refractivity contribution is 5.93. The molecular formula is C27H35N3O5. The zero-order chi connectivity index (χ0) is 25.3. The average molecular weight is 482 g/mol. The van der Waals surface area contributed by atoms with Gasteiger partial charge in [0.15, 0.2) is 0 Å². The molecule has 2 aliphatic rings. The molecule has 8 nitrogen and oxygen atoms in total. The third-order valence-electron chi connectivity index (χ3n) is 7.32. The van der Waals surface area contributed by atoms with E-state index in [1.807, 2.05) is 0 Å². The van der Waals surface area contributed by atoms with E-state index in [0.717, 1.165) is 6.54 Å². The number of benzene rings is 1. The largest absolute Gasteiger partial charge is 0.492 e. The number of methoxy groups -OCH3 is 1. The second-order valence-corrected chi connectivity index (χ2v) is 9.86. The number of carbonyl (C=O) groups is 2. The molecule has 1 saturated heterocycles. The van der Waals surface area contributed by atoms with Gasteiger partial charge in [-0.05, 0) is 43.0 Å². The van der Waals surface area contributed by atoms with Gasteiger partial charge in [0.05, 0.1) is 13.7 Å². The van der Waals surface area contributed by atoms with Crippen LogP contribution in [0.1, 0.15) is 44.7 Å². The van der Waals surface area contributed by atoms with Crippen LogP contribution in [0.2, 0.25) is 0 Å². The van der Waals surface area contributed by atoms with Crippen molar-refractivity contribution in [1.82, 2.24) is 14.4 Å². The number of fused-ring (bicyclic) bond motifs is 1. The van der Waals surface area contributed by atoms with Crippen LogP contribution in [0.3, 0.4) is 0 Å². The molecule has 35 heavy (non-hydrogen) atoms. The molecule has 0 radical (unpaired) electrons. The number of ether oxygens (including phenoxy) is 2. The van der Waals surface area contributed by atoms with E-state index in [9.17, 15) is 14.4 Å². The van der Waals surface area contributed by atoms with E-state index >= 15 is 0 Å². The predicted octanol–water partition coefficient (Wildman–Crippen LogP) is 2.48. The number of nitrogens with zero attached hydrogens (tertiary/aromatic N) is 3. The fourth-order valence-corrected chi connectivity index (χ4v) is 5.09. The lowest BCUT2D eigenvalue weighted by Gasteiger charge is -2.21. The van der Waals surface area contributed by atoms with E-state index in [-0.39, 0.29) is 29.7 Å². The number of likely N-dealkylation sites (tertiary alicyclic amines) is 1. The molecule has 3 heterocycles. The Morgan fingerprint density at radius 1 is 1.03 bits per heavy atom. The highest BCUT2D eigenvalue weighted by Crippen LogP contribution is 2.26. The van der Waals surface area contributed by atoms with Crippen LogP contribution in [0.5, 0.6) is 5.75 Å². The van der Waals surface area contributed by atoms with Crippen LogP contribution >= 0.6 is 0 Å². The highest BCUT2D eigenvalue weighted by Gasteiger charge is 2.30. The predicted molar refractivity (Wildman–Crippen MR) is 133 cm³/mol. The summed E-state index contributed by atoms with van der Waals surface area (Å²) in [6.07, 6.45) is 0.937. The van der Waals surface area contributed by atoms with Crippen molar-refractivity contribution in [3.05, 3.63) is 62.1 Å².